The predicted molar refractivity (Wildman–Crippen MR) is 43.6 cm³/mol. The molecule has 1 saturated carbocycles. The summed E-state index contributed by atoms with van der Waals surface area (Å²) in [5.41, 5.74) is 0.917. The molecule has 12 heavy (non-hydrogen) atoms. The molecule has 2 rings (SSSR count). The second-order valence-corrected chi connectivity index (χ2v) is 3.06. The average molecular weight is 165 g/mol. The lowest BCUT2D eigenvalue weighted by atomic mass is 10.3. The molecule has 1 heterocycles. The first-order valence-electron chi connectivity index (χ1n) is 4.16. The van der Waals surface area contributed by atoms with Gasteiger partial charge in [0.15, 0.2) is 0 Å². The maximum atomic E-state index is 11.1. The van der Waals surface area contributed by atoms with Crippen LogP contribution in [0.15, 0.2) is 18.3 Å². The summed E-state index contributed by atoms with van der Waals surface area (Å²) in [6, 6.07) is 3.76. The number of ether oxygens (including phenoxy) is 1. The van der Waals surface area contributed by atoms with Gasteiger partial charge in [0.2, 0.25) is 0 Å². The van der Waals surface area contributed by atoms with Crippen LogP contribution >= 0.6 is 0 Å². The second kappa shape index (κ2) is 3.01. The highest BCUT2D eigenvalue weighted by Crippen LogP contribution is 2.23. The van der Waals surface area contributed by atoms with Crippen molar-refractivity contribution in [3.05, 3.63) is 24.0 Å². The van der Waals surface area contributed by atoms with Crippen molar-refractivity contribution in [2.75, 3.05) is 0 Å². The van der Waals surface area contributed by atoms with Gasteiger partial charge in [0, 0.05) is 11.9 Å². The molecule has 3 nitrogen and oxygen atoms in total. The molecule has 3 heteroatoms. The fourth-order valence-corrected chi connectivity index (χ4v) is 1.05. The lowest BCUT2D eigenvalue weighted by molar-refractivity contribution is -0.144. The quantitative estimate of drug-likeness (QED) is 0.685. The summed E-state index contributed by atoms with van der Waals surface area (Å²) < 4.78 is 5.08. The van der Waals surface area contributed by atoms with E-state index >= 15 is 0 Å². The van der Waals surface area contributed by atoms with Gasteiger partial charge in [0.25, 0.3) is 0 Å². The highest BCUT2D eigenvalue weighted by atomic mass is 16.5. The molecule has 1 aliphatic carbocycles. The van der Waals surface area contributed by atoms with Gasteiger partial charge in [-0.2, -0.15) is 0 Å². The van der Waals surface area contributed by atoms with Crippen LogP contribution in [0.5, 0.6) is 0 Å². The number of rotatable bonds is 3. The van der Waals surface area contributed by atoms with Gasteiger partial charge in [-0.3, -0.25) is 4.79 Å². The van der Waals surface area contributed by atoms with Crippen molar-refractivity contribution in [2.45, 2.75) is 25.4 Å². The molecule has 0 aliphatic heterocycles. The first-order valence-corrected chi connectivity index (χ1v) is 4.16. The van der Waals surface area contributed by atoms with Crippen molar-refractivity contribution in [3.63, 3.8) is 0 Å². The van der Waals surface area contributed by atoms with Gasteiger partial charge in [-0.1, -0.05) is 0 Å². The molecular weight excluding hydrogens is 154 g/mol. The second-order valence-electron chi connectivity index (χ2n) is 3.06. The van der Waals surface area contributed by atoms with E-state index in [9.17, 15) is 4.79 Å². The summed E-state index contributed by atoms with van der Waals surface area (Å²) in [6.07, 6.45) is 4.46. The number of aromatic nitrogens is 1. The Morgan fingerprint density at radius 3 is 3.08 bits per heavy atom. The molecular formula is C9H11NO2. The third kappa shape index (κ3) is 1.87. The van der Waals surface area contributed by atoms with E-state index in [1.807, 2.05) is 12.1 Å². The van der Waals surface area contributed by atoms with Crippen LogP contribution in [0, 0.1) is 0 Å². The van der Waals surface area contributed by atoms with Crippen LogP contribution in [0.25, 0.3) is 0 Å². The molecule has 1 aromatic rings. The van der Waals surface area contributed by atoms with Gasteiger partial charge in [-0.05, 0) is 25.0 Å². The Morgan fingerprint density at radius 2 is 2.50 bits per heavy atom. The van der Waals surface area contributed by atoms with Gasteiger partial charge in [0.05, 0.1) is 6.42 Å². The van der Waals surface area contributed by atoms with Crippen LogP contribution in [-0.4, -0.2) is 17.1 Å². The monoisotopic (exact) mass is 165 g/mol. The Kier molecular flexibility index (Phi) is 1.86. The van der Waals surface area contributed by atoms with Crippen LogP contribution in [0.3, 0.4) is 0 Å². The normalized spacial score (nSPS) is 16.0. The van der Waals surface area contributed by atoms with Gasteiger partial charge in [0.1, 0.15) is 6.10 Å². The van der Waals surface area contributed by atoms with Crippen molar-refractivity contribution in [3.8, 4) is 0 Å². The van der Waals surface area contributed by atoms with Crippen molar-refractivity contribution in [1.29, 1.82) is 0 Å². The zero-order chi connectivity index (χ0) is 8.39. The maximum absolute atomic E-state index is 11.1. The molecule has 0 unspecified atom stereocenters. The smallest absolute Gasteiger partial charge is 0.312 e. The lowest BCUT2D eigenvalue weighted by Crippen LogP contribution is -2.09. The highest BCUT2D eigenvalue weighted by molar-refractivity contribution is 5.72. The van der Waals surface area contributed by atoms with Crippen molar-refractivity contribution < 1.29 is 9.53 Å². The van der Waals surface area contributed by atoms with Gasteiger partial charge in [-0.25, -0.2) is 0 Å². The zero-order valence-electron chi connectivity index (χ0n) is 6.75. The minimum atomic E-state index is -0.125. The van der Waals surface area contributed by atoms with E-state index in [2.05, 4.69) is 4.98 Å². The molecule has 0 spiro atoms. The third-order valence-electron chi connectivity index (χ3n) is 1.82. The summed E-state index contributed by atoms with van der Waals surface area (Å²) in [6.45, 7) is 0. The van der Waals surface area contributed by atoms with E-state index in [0.717, 1.165) is 18.5 Å². The Labute approximate surface area is 70.7 Å². The molecule has 64 valence electrons. The third-order valence-corrected chi connectivity index (χ3v) is 1.82. The van der Waals surface area contributed by atoms with Crippen LogP contribution in [0.1, 0.15) is 18.5 Å². The summed E-state index contributed by atoms with van der Waals surface area (Å²) >= 11 is 0. The molecule has 0 amide bonds. The molecule has 1 N–H and O–H groups in total. The fourth-order valence-electron chi connectivity index (χ4n) is 1.05. The molecule has 1 aliphatic rings. The lowest BCUT2D eigenvalue weighted by Gasteiger charge is -2.00. The summed E-state index contributed by atoms with van der Waals surface area (Å²) in [5, 5.41) is 0. The molecule has 1 fully saturated rings. The van der Waals surface area contributed by atoms with Crippen LogP contribution in [0.2, 0.25) is 0 Å². The number of H-pyrrole nitrogens is 1. The number of esters is 1. The SMILES string of the molecule is O=C(Cc1ccc[nH]1)OC1CC1. The molecule has 1 aromatic heterocycles. The van der Waals surface area contributed by atoms with E-state index in [1.54, 1.807) is 6.20 Å². The minimum Gasteiger partial charge on any atom is -0.462 e. The topological polar surface area (TPSA) is 42.1 Å². The Morgan fingerprint density at radius 1 is 1.67 bits per heavy atom. The molecule has 0 aromatic carbocycles. The molecule has 0 atom stereocenters. The van der Waals surface area contributed by atoms with E-state index < -0.39 is 0 Å². The van der Waals surface area contributed by atoms with Crippen molar-refractivity contribution >= 4 is 5.97 Å². The Bertz CT molecular complexity index is 262. The molecule has 0 saturated heterocycles. The van der Waals surface area contributed by atoms with Gasteiger partial charge < -0.3 is 9.72 Å². The Hall–Kier alpha value is -1.25. The number of aromatic amines is 1. The fraction of sp³-hybridized carbons (Fsp3) is 0.444. The van der Waals surface area contributed by atoms with E-state index in [4.69, 9.17) is 4.74 Å². The summed E-state index contributed by atoms with van der Waals surface area (Å²) in [7, 11) is 0. The number of hydrogen-bond acceptors (Lipinski definition) is 2. The van der Waals surface area contributed by atoms with E-state index in [-0.39, 0.29) is 12.1 Å². The maximum Gasteiger partial charge on any atom is 0.312 e. The molecule has 0 radical (unpaired) electrons. The first-order chi connectivity index (χ1) is 5.84. The minimum absolute atomic E-state index is 0.125. The highest BCUT2D eigenvalue weighted by Gasteiger charge is 2.25. The number of carbonyl (C=O) groups is 1. The largest absolute Gasteiger partial charge is 0.462 e. The van der Waals surface area contributed by atoms with E-state index in [1.165, 1.54) is 0 Å². The average Bonchev–Trinajstić information content (AvgIpc) is 2.66. The summed E-state index contributed by atoms with van der Waals surface area (Å²) in [4.78, 5) is 14.1. The molecule has 0 bridgehead atoms. The number of hydrogen-bond donors (Lipinski definition) is 1. The number of carbonyl (C=O) groups excluding carboxylic acids is 1. The number of nitrogens with one attached hydrogen (secondary N) is 1. The zero-order valence-corrected chi connectivity index (χ0v) is 6.75. The first kappa shape index (κ1) is 7.40. The van der Waals surface area contributed by atoms with Crippen LogP contribution < -0.4 is 0 Å². The van der Waals surface area contributed by atoms with Crippen molar-refractivity contribution in [2.24, 2.45) is 0 Å². The summed E-state index contributed by atoms with van der Waals surface area (Å²) in [5.74, 6) is -0.125. The Balaban J connectivity index is 1.82. The standard InChI is InChI=1S/C9H11NO2/c11-9(12-8-3-4-8)6-7-2-1-5-10-7/h1-2,5,8,10H,3-4,6H2. The van der Waals surface area contributed by atoms with Crippen LogP contribution in [-0.2, 0) is 16.0 Å². The van der Waals surface area contributed by atoms with Gasteiger partial charge in [-0.15, -0.1) is 0 Å². The van der Waals surface area contributed by atoms with Crippen LogP contribution in [0.4, 0.5) is 0 Å². The van der Waals surface area contributed by atoms with Gasteiger partial charge >= 0.3 is 5.97 Å². The predicted octanol–water partition coefficient (Wildman–Crippen LogP) is 1.26. The van der Waals surface area contributed by atoms with E-state index in [0.29, 0.717) is 6.42 Å². The van der Waals surface area contributed by atoms with Crippen molar-refractivity contribution in [1.82, 2.24) is 4.98 Å².